The number of pyridine rings is 2. The lowest BCUT2D eigenvalue weighted by atomic mass is 9.92. The molecule has 0 aliphatic carbocycles. The summed E-state index contributed by atoms with van der Waals surface area (Å²) in [6.45, 7) is 2.28. The minimum absolute atomic E-state index is 0.0408. The number of likely N-dealkylation sites (tertiary alicyclic amines) is 1. The third-order valence-electron chi connectivity index (χ3n) is 6.98. The first-order chi connectivity index (χ1) is 21.0. The summed E-state index contributed by atoms with van der Waals surface area (Å²) in [4.78, 5) is 41.5. The van der Waals surface area contributed by atoms with Crippen LogP contribution < -0.4 is 9.46 Å². The van der Waals surface area contributed by atoms with Gasteiger partial charge in [-0.3, -0.25) is 14.3 Å². The monoisotopic (exact) mass is 626 g/mol. The van der Waals surface area contributed by atoms with Crippen molar-refractivity contribution < 1.29 is 35.9 Å². The summed E-state index contributed by atoms with van der Waals surface area (Å²) in [6.07, 6.45) is 6.52. The van der Waals surface area contributed by atoms with Gasteiger partial charge in [0, 0.05) is 49.0 Å². The smallest absolute Gasteiger partial charge is 0.267 e. The Labute approximate surface area is 249 Å². The van der Waals surface area contributed by atoms with Gasteiger partial charge in [0.1, 0.15) is 35.0 Å². The number of carbonyl (C=O) groups excluding carboxylic acids is 2. The highest BCUT2D eigenvalue weighted by Gasteiger charge is 2.28. The highest BCUT2D eigenvalue weighted by atomic mass is 32.2. The number of piperidine rings is 1. The van der Waals surface area contributed by atoms with Crippen molar-refractivity contribution in [2.75, 3.05) is 24.9 Å². The van der Waals surface area contributed by atoms with Gasteiger partial charge in [-0.2, -0.15) is 0 Å². The number of halogens is 3. The largest absolute Gasteiger partial charge is 0.480 e. The fourth-order valence-corrected chi connectivity index (χ4v) is 6.06. The molecule has 0 saturated carbocycles. The zero-order valence-electron chi connectivity index (χ0n) is 23.4. The van der Waals surface area contributed by atoms with Gasteiger partial charge in [-0.15, -0.1) is 0 Å². The Morgan fingerprint density at radius 1 is 1.02 bits per heavy atom. The maximum absolute atomic E-state index is 14.3. The van der Waals surface area contributed by atoms with Crippen molar-refractivity contribution in [2.45, 2.75) is 30.6 Å². The van der Waals surface area contributed by atoms with E-state index in [0.717, 1.165) is 0 Å². The zero-order chi connectivity index (χ0) is 31.6. The van der Waals surface area contributed by atoms with Crippen molar-refractivity contribution in [3.8, 4) is 17.1 Å². The summed E-state index contributed by atoms with van der Waals surface area (Å²) >= 11 is 0. The maximum Gasteiger partial charge on any atom is 0.267 e. The van der Waals surface area contributed by atoms with Crippen molar-refractivity contribution in [2.24, 2.45) is 0 Å². The van der Waals surface area contributed by atoms with Crippen molar-refractivity contribution in [3.63, 3.8) is 0 Å². The fourth-order valence-electron chi connectivity index (χ4n) is 4.90. The van der Waals surface area contributed by atoms with Gasteiger partial charge in [0.05, 0.1) is 24.0 Å². The first kappa shape index (κ1) is 30.5. The van der Waals surface area contributed by atoms with Crippen LogP contribution in [0, 0.1) is 17.5 Å². The van der Waals surface area contributed by atoms with Crippen molar-refractivity contribution in [1.82, 2.24) is 24.8 Å². The predicted molar refractivity (Wildman–Crippen MR) is 153 cm³/mol. The third kappa shape index (κ3) is 6.37. The lowest BCUT2D eigenvalue weighted by Crippen LogP contribution is -2.37. The molecule has 44 heavy (non-hydrogen) atoms. The number of nitrogens with one attached hydrogen (secondary N) is 1. The number of rotatable bonds is 8. The average Bonchev–Trinajstić information content (AvgIpc) is 2.98. The molecule has 1 amide bonds. The Morgan fingerprint density at radius 2 is 1.73 bits per heavy atom. The van der Waals surface area contributed by atoms with Crippen LogP contribution in [-0.2, 0) is 19.6 Å². The number of hydrogen-bond donors (Lipinski definition) is 1. The van der Waals surface area contributed by atoms with Gasteiger partial charge in [-0.25, -0.2) is 41.5 Å². The molecule has 1 aliphatic heterocycles. The van der Waals surface area contributed by atoms with Crippen LogP contribution in [0.1, 0.15) is 31.4 Å². The number of ketones is 1. The molecule has 15 heteroatoms. The molecule has 1 aliphatic rings. The first-order valence-corrected chi connectivity index (χ1v) is 14.8. The van der Waals surface area contributed by atoms with Crippen LogP contribution in [-0.4, -0.2) is 65.1 Å². The summed E-state index contributed by atoms with van der Waals surface area (Å²) in [5.41, 5.74) is 2.19. The van der Waals surface area contributed by atoms with Crippen molar-refractivity contribution >= 4 is 38.4 Å². The molecule has 3 aromatic heterocycles. The molecular formula is C29H25F3N6O5S. The molecule has 0 unspecified atom stereocenters. The van der Waals surface area contributed by atoms with Crippen molar-refractivity contribution in [3.05, 3.63) is 78.2 Å². The normalized spacial score (nSPS) is 14.2. The molecule has 0 spiro atoms. The molecule has 0 atom stereocenters. The number of aromatic nitrogens is 4. The molecule has 1 fully saturated rings. The number of fused-ring (bicyclic) bond motifs is 1. The molecular weight excluding hydrogens is 601 g/mol. The minimum Gasteiger partial charge on any atom is -0.480 e. The lowest BCUT2D eigenvalue weighted by molar-refractivity contribution is -0.127. The van der Waals surface area contributed by atoms with Crippen LogP contribution in [0.2, 0.25) is 0 Å². The highest BCUT2D eigenvalue weighted by molar-refractivity contribution is 7.92. The van der Waals surface area contributed by atoms with Crippen LogP contribution in [0.15, 0.2) is 59.9 Å². The molecule has 1 saturated heterocycles. The van der Waals surface area contributed by atoms with Crippen LogP contribution in [0.3, 0.4) is 0 Å². The van der Waals surface area contributed by atoms with E-state index in [1.807, 2.05) is 0 Å². The molecule has 1 aromatic carbocycles. The standard InChI is InChI=1S/C29H25F3N6O5S/c1-16(39)3-6-25(40)38-9-7-17(8-10-38)26-27-23(34-15-35-26)5-4-22(36-27)18-11-24(29(43-2)33-14-18)37-44(41,42)28-20(31)12-19(30)13-21(28)32/h3-6,11-15,17,37H,7-10H2,1-2H3/b6-3+. The average molecular weight is 627 g/mol. The minimum atomic E-state index is -4.87. The summed E-state index contributed by atoms with van der Waals surface area (Å²) in [5, 5.41) is 0. The second kappa shape index (κ2) is 12.4. The van der Waals surface area contributed by atoms with Gasteiger partial charge in [0.15, 0.2) is 10.7 Å². The number of nitrogens with zero attached hydrogens (tertiary/aromatic N) is 5. The van der Waals surface area contributed by atoms with Gasteiger partial charge in [-0.1, -0.05) is 0 Å². The number of benzene rings is 1. The number of sulfonamides is 1. The van der Waals surface area contributed by atoms with Gasteiger partial charge >= 0.3 is 0 Å². The second-order valence-corrected chi connectivity index (χ2v) is 11.6. The molecule has 0 bridgehead atoms. The van der Waals surface area contributed by atoms with E-state index in [1.165, 1.54) is 44.8 Å². The summed E-state index contributed by atoms with van der Waals surface area (Å²) in [7, 11) is -3.64. The number of methoxy groups -OCH3 is 1. The van der Waals surface area contributed by atoms with Gasteiger partial charge < -0.3 is 9.64 Å². The van der Waals surface area contributed by atoms with Crippen LogP contribution in [0.5, 0.6) is 5.88 Å². The quantitative estimate of drug-likeness (QED) is 0.285. The maximum atomic E-state index is 14.3. The van der Waals surface area contributed by atoms with E-state index < -0.39 is 32.4 Å². The number of anilines is 1. The summed E-state index contributed by atoms with van der Waals surface area (Å²) in [5.74, 6) is -5.17. The van der Waals surface area contributed by atoms with E-state index in [4.69, 9.17) is 9.72 Å². The van der Waals surface area contributed by atoms with Crippen molar-refractivity contribution in [1.29, 1.82) is 0 Å². The Morgan fingerprint density at radius 3 is 2.39 bits per heavy atom. The number of hydrogen-bond acceptors (Lipinski definition) is 9. The Bertz CT molecular complexity index is 1890. The van der Waals surface area contributed by atoms with E-state index in [0.29, 0.717) is 53.9 Å². The number of ether oxygens (including phenoxy) is 1. The van der Waals surface area contributed by atoms with Gasteiger partial charge in [0.2, 0.25) is 11.8 Å². The number of amides is 1. The summed E-state index contributed by atoms with van der Waals surface area (Å²) < 4.78 is 75.0. The van der Waals surface area contributed by atoms with E-state index in [9.17, 15) is 31.2 Å². The molecule has 0 radical (unpaired) electrons. The lowest BCUT2D eigenvalue weighted by Gasteiger charge is -2.31. The van der Waals surface area contributed by atoms with E-state index in [2.05, 4.69) is 19.7 Å². The second-order valence-electron chi connectivity index (χ2n) is 9.95. The topological polar surface area (TPSA) is 144 Å². The molecule has 4 aromatic rings. The number of allylic oxidation sites excluding steroid dienone is 1. The first-order valence-electron chi connectivity index (χ1n) is 13.3. The van der Waals surface area contributed by atoms with Crippen LogP contribution in [0.4, 0.5) is 18.9 Å². The zero-order valence-corrected chi connectivity index (χ0v) is 24.2. The van der Waals surface area contributed by atoms with Crippen LogP contribution in [0.25, 0.3) is 22.3 Å². The SMILES string of the molecule is COc1ncc(-c2ccc3ncnc(C4CCN(C(=O)/C=C/C(C)=O)CC4)c3n2)cc1NS(=O)(=O)c1c(F)cc(F)cc1F. The van der Waals surface area contributed by atoms with Crippen LogP contribution >= 0.6 is 0 Å². The highest BCUT2D eigenvalue weighted by Crippen LogP contribution is 2.34. The molecule has 11 nitrogen and oxygen atoms in total. The van der Waals surface area contributed by atoms with E-state index >= 15 is 0 Å². The van der Waals surface area contributed by atoms with Gasteiger partial charge in [-0.05, 0) is 44.0 Å². The molecule has 228 valence electrons. The number of carbonyl (C=O) groups is 2. The van der Waals surface area contributed by atoms with E-state index in [-0.39, 0.29) is 41.3 Å². The summed E-state index contributed by atoms with van der Waals surface area (Å²) in [6, 6.07) is 5.21. The Balaban J connectivity index is 1.45. The fraction of sp³-hybridized carbons (Fsp3) is 0.241. The predicted octanol–water partition coefficient (Wildman–Crippen LogP) is 4.16. The third-order valence-corrected chi connectivity index (χ3v) is 8.40. The van der Waals surface area contributed by atoms with E-state index in [1.54, 1.807) is 17.0 Å². The Hall–Kier alpha value is -4.92. The molecule has 4 heterocycles. The Kier molecular flexibility index (Phi) is 8.58. The molecule has 1 N–H and O–H groups in total. The van der Waals surface area contributed by atoms with Gasteiger partial charge in [0.25, 0.3) is 10.0 Å². The molecule has 5 rings (SSSR count).